The van der Waals surface area contributed by atoms with Gasteiger partial charge >= 0.3 is 0 Å². The van der Waals surface area contributed by atoms with Crippen molar-refractivity contribution >= 4 is 22.3 Å². The minimum atomic E-state index is -0.312. The summed E-state index contributed by atoms with van der Waals surface area (Å²) >= 11 is 0. The molecule has 110 valence electrons. The topological polar surface area (TPSA) is 70.9 Å². The van der Waals surface area contributed by atoms with Gasteiger partial charge in [-0.3, -0.25) is 4.79 Å². The Bertz CT molecular complexity index is 898. The van der Waals surface area contributed by atoms with Crippen LogP contribution in [0.2, 0.25) is 0 Å². The fourth-order valence-electron chi connectivity index (χ4n) is 2.15. The molecule has 3 aromatic rings. The Balaban J connectivity index is 1.92. The van der Waals surface area contributed by atoms with Crippen molar-refractivity contribution < 1.29 is 4.39 Å². The molecule has 0 aliphatic carbocycles. The van der Waals surface area contributed by atoms with Crippen molar-refractivity contribution in [3.8, 4) is 0 Å². The molecular formula is C17H14FN3O. The van der Waals surface area contributed by atoms with Crippen LogP contribution in [0.15, 0.2) is 65.6 Å². The van der Waals surface area contributed by atoms with Crippen molar-refractivity contribution in [2.75, 3.05) is 5.32 Å². The lowest BCUT2D eigenvalue weighted by Crippen LogP contribution is -2.15. The predicted molar refractivity (Wildman–Crippen MR) is 86.8 cm³/mol. The summed E-state index contributed by atoms with van der Waals surface area (Å²) < 4.78 is 12.8. The average molecular weight is 295 g/mol. The number of H-pyrrole nitrogens is 1. The van der Waals surface area contributed by atoms with Gasteiger partial charge in [0.25, 0.3) is 5.56 Å². The first-order valence-electron chi connectivity index (χ1n) is 6.74. The summed E-state index contributed by atoms with van der Waals surface area (Å²) in [6.07, 6.45) is 1.52. The van der Waals surface area contributed by atoms with Gasteiger partial charge in [0, 0.05) is 17.4 Å². The molecule has 4 nitrogen and oxygen atoms in total. The third-order valence-electron chi connectivity index (χ3n) is 3.30. The summed E-state index contributed by atoms with van der Waals surface area (Å²) in [4.78, 5) is 14.9. The van der Waals surface area contributed by atoms with Crippen molar-refractivity contribution in [1.82, 2.24) is 4.98 Å². The highest BCUT2D eigenvalue weighted by Gasteiger charge is 2.05. The molecule has 22 heavy (non-hydrogen) atoms. The molecule has 0 aliphatic heterocycles. The van der Waals surface area contributed by atoms with E-state index in [4.69, 9.17) is 5.73 Å². The molecule has 0 fully saturated rings. The van der Waals surface area contributed by atoms with E-state index in [1.165, 1.54) is 18.3 Å². The molecule has 0 radical (unpaired) electrons. The molecule has 4 N–H and O–H groups in total. The standard InChI is InChI=1S/C17H14FN3O/c18-12-5-7-13(8-6-12)20-10-15(19)14-9-11-3-1-2-4-16(11)21-17(14)22/h1-10,20H,19H2,(H,21,22)/b15-10-. The number of aromatic amines is 1. The Morgan fingerprint density at radius 1 is 1.14 bits per heavy atom. The first-order valence-corrected chi connectivity index (χ1v) is 6.74. The Kier molecular flexibility index (Phi) is 3.62. The second-order valence-electron chi connectivity index (χ2n) is 4.85. The molecule has 0 bridgehead atoms. The first-order chi connectivity index (χ1) is 10.6. The summed E-state index contributed by atoms with van der Waals surface area (Å²) in [5.74, 6) is -0.312. The highest BCUT2D eigenvalue weighted by Crippen LogP contribution is 2.14. The van der Waals surface area contributed by atoms with Gasteiger partial charge in [-0.1, -0.05) is 18.2 Å². The van der Waals surface area contributed by atoms with Gasteiger partial charge in [-0.2, -0.15) is 0 Å². The molecule has 0 aliphatic rings. The van der Waals surface area contributed by atoms with E-state index in [0.29, 0.717) is 16.9 Å². The monoisotopic (exact) mass is 295 g/mol. The van der Waals surface area contributed by atoms with Crippen LogP contribution in [0.25, 0.3) is 16.6 Å². The third kappa shape index (κ3) is 2.83. The van der Waals surface area contributed by atoms with Gasteiger partial charge in [-0.15, -0.1) is 0 Å². The lowest BCUT2D eigenvalue weighted by atomic mass is 10.1. The normalized spacial score (nSPS) is 11.6. The molecule has 0 spiro atoms. The number of nitrogens with two attached hydrogens (primary N) is 1. The van der Waals surface area contributed by atoms with Gasteiger partial charge in [0.1, 0.15) is 5.82 Å². The number of fused-ring (bicyclic) bond motifs is 1. The van der Waals surface area contributed by atoms with Crippen LogP contribution in [-0.2, 0) is 0 Å². The summed E-state index contributed by atoms with van der Waals surface area (Å²) in [6, 6.07) is 15.1. The molecule has 1 heterocycles. The molecule has 0 amide bonds. The van der Waals surface area contributed by atoms with Crippen LogP contribution in [0.3, 0.4) is 0 Å². The Labute approximate surface area is 126 Å². The van der Waals surface area contributed by atoms with Gasteiger partial charge in [-0.05, 0) is 41.8 Å². The SMILES string of the molecule is N/C(=C\Nc1ccc(F)cc1)c1cc2ccccc2[nH]c1=O. The van der Waals surface area contributed by atoms with Crippen LogP contribution in [0.1, 0.15) is 5.56 Å². The van der Waals surface area contributed by atoms with Crippen molar-refractivity contribution in [3.63, 3.8) is 0 Å². The zero-order valence-corrected chi connectivity index (χ0v) is 11.6. The van der Waals surface area contributed by atoms with Gasteiger partial charge < -0.3 is 16.0 Å². The van der Waals surface area contributed by atoms with E-state index < -0.39 is 0 Å². The average Bonchev–Trinajstić information content (AvgIpc) is 2.53. The highest BCUT2D eigenvalue weighted by molar-refractivity contribution is 5.82. The van der Waals surface area contributed by atoms with Gasteiger partial charge in [0.15, 0.2) is 0 Å². The molecular weight excluding hydrogens is 281 g/mol. The van der Waals surface area contributed by atoms with Crippen LogP contribution < -0.4 is 16.6 Å². The number of halogens is 1. The predicted octanol–water partition coefficient (Wildman–Crippen LogP) is 3.04. The highest BCUT2D eigenvalue weighted by atomic mass is 19.1. The maximum Gasteiger partial charge on any atom is 0.257 e. The largest absolute Gasteiger partial charge is 0.397 e. The van der Waals surface area contributed by atoms with Crippen LogP contribution >= 0.6 is 0 Å². The fourth-order valence-corrected chi connectivity index (χ4v) is 2.15. The van der Waals surface area contributed by atoms with Gasteiger partial charge in [0.05, 0.1) is 11.3 Å². The molecule has 0 unspecified atom stereocenters. The number of benzene rings is 2. The minimum absolute atomic E-state index is 0.256. The summed E-state index contributed by atoms with van der Waals surface area (Å²) in [6.45, 7) is 0. The maximum atomic E-state index is 12.8. The van der Waals surface area contributed by atoms with Crippen molar-refractivity contribution in [2.45, 2.75) is 0 Å². The molecule has 2 aromatic carbocycles. The van der Waals surface area contributed by atoms with Crippen LogP contribution in [0.5, 0.6) is 0 Å². The maximum absolute atomic E-state index is 12.8. The lowest BCUT2D eigenvalue weighted by Gasteiger charge is -2.05. The Hall–Kier alpha value is -3.08. The van der Waals surface area contributed by atoms with E-state index in [0.717, 1.165) is 10.9 Å². The van der Waals surface area contributed by atoms with Crippen LogP contribution in [-0.4, -0.2) is 4.98 Å². The first kappa shape index (κ1) is 13.9. The van der Waals surface area contributed by atoms with Crippen molar-refractivity contribution in [1.29, 1.82) is 0 Å². The van der Waals surface area contributed by atoms with Crippen molar-refractivity contribution in [3.05, 3.63) is 82.5 Å². The number of nitrogens with one attached hydrogen (secondary N) is 2. The minimum Gasteiger partial charge on any atom is -0.397 e. The molecule has 1 aromatic heterocycles. The smallest absolute Gasteiger partial charge is 0.257 e. The second-order valence-corrected chi connectivity index (χ2v) is 4.85. The van der Waals surface area contributed by atoms with Crippen LogP contribution in [0, 0.1) is 5.82 Å². The number of hydrogen-bond donors (Lipinski definition) is 3. The number of aromatic nitrogens is 1. The number of para-hydroxylation sites is 1. The summed E-state index contributed by atoms with van der Waals surface area (Å²) in [5, 5.41) is 3.84. The molecule has 3 rings (SSSR count). The third-order valence-corrected chi connectivity index (χ3v) is 3.30. The van der Waals surface area contributed by atoms with E-state index in [1.807, 2.05) is 24.3 Å². The van der Waals surface area contributed by atoms with Crippen LogP contribution in [0.4, 0.5) is 10.1 Å². The number of anilines is 1. The van der Waals surface area contributed by atoms with E-state index in [1.54, 1.807) is 18.2 Å². The van der Waals surface area contributed by atoms with Gasteiger partial charge in [-0.25, -0.2) is 4.39 Å². The summed E-state index contributed by atoms with van der Waals surface area (Å²) in [5.41, 5.74) is 7.84. The quantitative estimate of drug-likeness (QED) is 0.695. The summed E-state index contributed by atoms with van der Waals surface area (Å²) in [7, 11) is 0. The fraction of sp³-hybridized carbons (Fsp3) is 0. The molecule has 0 saturated carbocycles. The Morgan fingerprint density at radius 3 is 2.64 bits per heavy atom. The molecule has 5 heteroatoms. The zero-order chi connectivity index (χ0) is 15.5. The zero-order valence-electron chi connectivity index (χ0n) is 11.6. The van der Waals surface area contributed by atoms with E-state index in [9.17, 15) is 9.18 Å². The Morgan fingerprint density at radius 2 is 1.86 bits per heavy atom. The number of pyridine rings is 1. The second kappa shape index (κ2) is 5.73. The van der Waals surface area contributed by atoms with E-state index in [2.05, 4.69) is 10.3 Å². The molecule has 0 saturated heterocycles. The molecule has 0 atom stereocenters. The van der Waals surface area contributed by atoms with E-state index >= 15 is 0 Å². The van der Waals surface area contributed by atoms with Gasteiger partial charge in [0.2, 0.25) is 0 Å². The van der Waals surface area contributed by atoms with E-state index in [-0.39, 0.29) is 11.4 Å². The lowest BCUT2D eigenvalue weighted by molar-refractivity contribution is 0.628. The number of hydrogen-bond acceptors (Lipinski definition) is 3. The number of rotatable bonds is 3. The van der Waals surface area contributed by atoms with Crippen molar-refractivity contribution in [2.24, 2.45) is 5.73 Å².